The first-order valence-corrected chi connectivity index (χ1v) is 10.6. The molecule has 28 heavy (non-hydrogen) atoms. The number of ether oxygens (including phenoxy) is 2. The zero-order valence-electron chi connectivity index (χ0n) is 15.6. The summed E-state index contributed by atoms with van der Waals surface area (Å²) in [6.45, 7) is 4.31. The maximum atomic E-state index is 10.9. The Kier molecular flexibility index (Phi) is 4.80. The molecule has 0 atom stereocenters. The number of thiophene rings is 1. The zero-order chi connectivity index (χ0) is 18.9. The van der Waals surface area contributed by atoms with Gasteiger partial charge < -0.3 is 14.4 Å². The van der Waals surface area contributed by atoms with Gasteiger partial charge in [-0.15, -0.1) is 11.3 Å². The van der Waals surface area contributed by atoms with Crippen molar-refractivity contribution in [3.05, 3.63) is 46.1 Å². The van der Waals surface area contributed by atoms with Gasteiger partial charge in [0.05, 0.1) is 18.6 Å². The van der Waals surface area contributed by atoms with Crippen LogP contribution in [0.15, 0.2) is 24.3 Å². The van der Waals surface area contributed by atoms with Crippen molar-refractivity contribution in [3.63, 3.8) is 0 Å². The minimum atomic E-state index is 0.633. The van der Waals surface area contributed by atoms with E-state index in [2.05, 4.69) is 0 Å². The normalized spacial score (nSPS) is 17.0. The quantitative estimate of drug-likeness (QED) is 0.670. The molecule has 3 heterocycles. The second-order valence-electron chi connectivity index (χ2n) is 7.31. The minimum Gasteiger partial charge on any atom is -0.438 e. The highest BCUT2D eigenvalue weighted by Crippen LogP contribution is 2.41. The molecule has 2 aromatic heterocycles. The molecule has 0 spiro atoms. The first-order valence-electron chi connectivity index (χ1n) is 9.76. The number of morpholine rings is 1. The molecular weight excluding hydrogens is 374 g/mol. The average molecular weight is 396 g/mol. The van der Waals surface area contributed by atoms with E-state index in [1.54, 1.807) is 23.5 Å². The van der Waals surface area contributed by atoms with E-state index < -0.39 is 0 Å². The van der Waals surface area contributed by atoms with Crippen LogP contribution < -0.4 is 9.64 Å². The molecule has 0 unspecified atom stereocenters. The topological polar surface area (TPSA) is 65.8 Å². The van der Waals surface area contributed by atoms with Crippen LogP contribution >= 0.6 is 11.3 Å². The summed E-state index contributed by atoms with van der Waals surface area (Å²) in [5, 5.41) is 1.07. The average Bonchev–Trinajstić information content (AvgIpc) is 3.30. The lowest BCUT2D eigenvalue weighted by atomic mass is 10.2. The zero-order valence-corrected chi connectivity index (χ0v) is 16.4. The molecule has 0 amide bonds. The highest BCUT2D eigenvalue weighted by molar-refractivity contribution is 7.19. The summed E-state index contributed by atoms with van der Waals surface area (Å²) in [4.78, 5) is 24.5. The van der Waals surface area contributed by atoms with Crippen LogP contribution in [0.1, 0.15) is 33.0 Å². The van der Waals surface area contributed by atoms with Crippen molar-refractivity contribution in [1.29, 1.82) is 0 Å². The van der Waals surface area contributed by atoms with Gasteiger partial charge in [-0.2, -0.15) is 4.98 Å². The lowest BCUT2D eigenvalue weighted by Crippen LogP contribution is -3.12. The van der Waals surface area contributed by atoms with Crippen molar-refractivity contribution in [2.45, 2.75) is 25.8 Å². The molecule has 5 rings (SSSR count). The number of carbonyl (C=O) groups excluding carboxylic acids is 1. The largest absolute Gasteiger partial charge is 0.438 e. The molecule has 0 radical (unpaired) electrons. The van der Waals surface area contributed by atoms with Gasteiger partial charge in [0.25, 0.3) is 0 Å². The minimum absolute atomic E-state index is 0.633. The van der Waals surface area contributed by atoms with E-state index in [4.69, 9.17) is 19.4 Å². The van der Waals surface area contributed by atoms with Crippen LogP contribution in [-0.4, -0.2) is 42.6 Å². The van der Waals surface area contributed by atoms with Crippen molar-refractivity contribution >= 4 is 27.8 Å². The van der Waals surface area contributed by atoms with Gasteiger partial charge in [0.2, 0.25) is 5.88 Å². The van der Waals surface area contributed by atoms with Crippen molar-refractivity contribution in [3.8, 4) is 11.6 Å². The molecule has 1 N–H and O–H groups in total. The van der Waals surface area contributed by atoms with E-state index in [0.29, 0.717) is 17.2 Å². The third-order valence-electron chi connectivity index (χ3n) is 5.42. The van der Waals surface area contributed by atoms with E-state index in [1.807, 2.05) is 12.1 Å². The molecule has 3 aromatic rings. The van der Waals surface area contributed by atoms with Gasteiger partial charge >= 0.3 is 0 Å². The van der Waals surface area contributed by atoms with Gasteiger partial charge in [0.15, 0.2) is 5.82 Å². The Morgan fingerprint density at radius 2 is 1.96 bits per heavy atom. The predicted molar refractivity (Wildman–Crippen MR) is 107 cm³/mol. The third-order valence-corrected chi connectivity index (χ3v) is 6.60. The maximum Gasteiger partial charge on any atom is 0.231 e. The van der Waals surface area contributed by atoms with Gasteiger partial charge in [0.1, 0.15) is 36.5 Å². The molecule has 1 aromatic carbocycles. The Balaban J connectivity index is 1.52. The number of aryl methyl sites for hydroxylation is 2. The molecule has 1 fully saturated rings. The van der Waals surface area contributed by atoms with Crippen LogP contribution in [0.5, 0.6) is 11.6 Å². The monoisotopic (exact) mass is 396 g/mol. The third kappa shape index (κ3) is 3.41. The fraction of sp³-hybridized carbons (Fsp3) is 0.381. The summed E-state index contributed by atoms with van der Waals surface area (Å²) in [5.41, 5.74) is 1.98. The van der Waals surface area contributed by atoms with Crippen LogP contribution in [0.25, 0.3) is 10.2 Å². The van der Waals surface area contributed by atoms with Crippen LogP contribution in [0.2, 0.25) is 0 Å². The molecule has 6 nitrogen and oxygen atoms in total. The smallest absolute Gasteiger partial charge is 0.231 e. The van der Waals surface area contributed by atoms with Crippen molar-refractivity contribution in [2.75, 3.05) is 26.3 Å². The highest BCUT2D eigenvalue weighted by atomic mass is 32.1. The number of hydrogen-bond acceptors (Lipinski definition) is 6. The number of hydrogen-bond donors (Lipinski definition) is 1. The lowest BCUT2D eigenvalue weighted by Gasteiger charge is -2.23. The number of carbonyl (C=O) groups is 1. The standard InChI is InChI=1S/C21H21N3O3S/c25-13-14-4-6-15(7-5-14)27-20-19-16-2-1-3-17(16)28-21(19)23-18(22-20)12-24-8-10-26-11-9-24/h4-7,13H,1-3,8-12H2/p+1. The number of aldehydes is 1. The van der Waals surface area contributed by atoms with Crippen LogP contribution in [0.3, 0.4) is 0 Å². The van der Waals surface area contributed by atoms with Gasteiger partial charge in [-0.25, -0.2) is 4.98 Å². The summed E-state index contributed by atoms with van der Waals surface area (Å²) in [6, 6.07) is 7.16. The molecule has 2 aliphatic rings. The molecule has 7 heteroatoms. The molecule has 1 aliphatic carbocycles. The van der Waals surface area contributed by atoms with Crippen LogP contribution in [0.4, 0.5) is 0 Å². The summed E-state index contributed by atoms with van der Waals surface area (Å²) < 4.78 is 11.7. The predicted octanol–water partition coefficient (Wildman–Crippen LogP) is 2.20. The summed E-state index contributed by atoms with van der Waals surface area (Å²) >= 11 is 1.78. The van der Waals surface area contributed by atoms with Gasteiger partial charge in [-0.1, -0.05) is 0 Å². The fourth-order valence-electron chi connectivity index (χ4n) is 3.94. The number of nitrogens with zero attached hydrogens (tertiary/aromatic N) is 2. The lowest BCUT2D eigenvalue weighted by molar-refractivity contribution is -0.922. The number of fused-ring (bicyclic) bond motifs is 3. The van der Waals surface area contributed by atoms with E-state index in [0.717, 1.165) is 68.0 Å². The SMILES string of the molecule is O=Cc1ccc(Oc2nc(C[NH+]3CCOCC3)nc3sc4c(c23)CCC4)cc1. The van der Waals surface area contributed by atoms with Gasteiger partial charge in [0, 0.05) is 10.4 Å². The molecule has 0 bridgehead atoms. The Labute approximate surface area is 167 Å². The first-order chi connectivity index (χ1) is 13.8. The van der Waals surface area contributed by atoms with E-state index in [1.165, 1.54) is 21.8 Å². The Morgan fingerprint density at radius 3 is 2.75 bits per heavy atom. The molecule has 1 aliphatic heterocycles. The van der Waals surface area contributed by atoms with Crippen molar-refractivity contribution in [2.24, 2.45) is 0 Å². The summed E-state index contributed by atoms with van der Waals surface area (Å²) in [5.74, 6) is 2.16. The molecule has 1 saturated heterocycles. The number of quaternary nitrogens is 1. The summed E-state index contributed by atoms with van der Waals surface area (Å²) in [7, 11) is 0. The van der Waals surface area contributed by atoms with Crippen LogP contribution in [0, 0.1) is 0 Å². The van der Waals surface area contributed by atoms with Crippen LogP contribution in [-0.2, 0) is 24.1 Å². The van der Waals surface area contributed by atoms with Gasteiger partial charge in [-0.05, 0) is 49.1 Å². The number of rotatable bonds is 5. The fourth-order valence-corrected chi connectivity index (χ4v) is 5.21. The van der Waals surface area contributed by atoms with E-state index >= 15 is 0 Å². The number of benzene rings is 1. The molecule has 144 valence electrons. The van der Waals surface area contributed by atoms with Gasteiger partial charge in [-0.3, -0.25) is 4.79 Å². The molecular formula is C21H22N3O3S+. The van der Waals surface area contributed by atoms with Crippen molar-refractivity contribution < 1.29 is 19.2 Å². The maximum absolute atomic E-state index is 10.9. The van der Waals surface area contributed by atoms with E-state index in [-0.39, 0.29) is 0 Å². The Morgan fingerprint density at radius 1 is 1.14 bits per heavy atom. The number of aromatic nitrogens is 2. The number of nitrogens with one attached hydrogen (secondary N) is 1. The second kappa shape index (κ2) is 7.58. The highest BCUT2D eigenvalue weighted by Gasteiger charge is 2.25. The molecule has 0 saturated carbocycles. The first kappa shape index (κ1) is 17.7. The Bertz CT molecular complexity index is 1010. The second-order valence-corrected chi connectivity index (χ2v) is 8.39. The summed E-state index contributed by atoms with van der Waals surface area (Å²) in [6.07, 6.45) is 4.20. The van der Waals surface area contributed by atoms with Crippen molar-refractivity contribution in [1.82, 2.24) is 9.97 Å². The Hall–Kier alpha value is -2.35. The van der Waals surface area contributed by atoms with E-state index in [9.17, 15) is 4.79 Å².